The van der Waals surface area contributed by atoms with Gasteiger partial charge in [0.05, 0.1) is 24.2 Å². The van der Waals surface area contributed by atoms with Crippen LogP contribution in [-0.4, -0.2) is 45.4 Å². The molecule has 1 atom stereocenters. The normalized spacial score (nSPS) is 18.3. The van der Waals surface area contributed by atoms with Crippen molar-refractivity contribution in [2.45, 2.75) is 56.3 Å². The first-order valence-corrected chi connectivity index (χ1v) is 13.1. The fourth-order valence-corrected chi connectivity index (χ4v) is 6.28. The van der Waals surface area contributed by atoms with Crippen LogP contribution in [0.25, 0.3) is 5.69 Å². The van der Waals surface area contributed by atoms with Crippen LogP contribution < -0.4 is 10.1 Å². The summed E-state index contributed by atoms with van der Waals surface area (Å²) in [6.07, 6.45) is 4.00. The van der Waals surface area contributed by atoms with Crippen LogP contribution >= 0.6 is 11.8 Å². The van der Waals surface area contributed by atoms with E-state index in [-0.39, 0.29) is 23.6 Å². The second-order valence-electron chi connectivity index (χ2n) is 9.01. The van der Waals surface area contributed by atoms with Gasteiger partial charge in [0.2, 0.25) is 11.8 Å². The van der Waals surface area contributed by atoms with Gasteiger partial charge in [-0.1, -0.05) is 61.0 Å². The molecule has 0 bridgehead atoms. The van der Waals surface area contributed by atoms with Crippen molar-refractivity contribution in [2.24, 2.45) is 0 Å². The number of hydrogen-bond acceptors (Lipinski definition) is 5. The second kappa shape index (κ2) is 10.2. The summed E-state index contributed by atoms with van der Waals surface area (Å²) in [6.45, 7) is 2.25. The first kappa shape index (κ1) is 23.5. The van der Waals surface area contributed by atoms with Gasteiger partial charge in [-0.25, -0.2) is 4.68 Å². The first-order chi connectivity index (χ1) is 17.1. The zero-order valence-corrected chi connectivity index (χ0v) is 20.9. The molecule has 1 aliphatic carbocycles. The Morgan fingerprint density at radius 1 is 1.11 bits per heavy atom. The Labute approximate surface area is 209 Å². The van der Waals surface area contributed by atoms with Crippen molar-refractivity contribution >= 4 is 23.6 Å². The number of para-hydroxylation sites is 2. The number of ether oxygens (including phenoxy) is 1. The Bertz CT molecular complexity index is 1220. The minimum atomic E-state index is -0.720. The van der Waals surface area contributed by atoms with E-state index in [1.165, 1.54) is 11.8 Å². The van der Waals surface area contributed by atoms with Gasteiger partial charge in [-0.2, -0.15) is 5.10 Å². The number of benzene rings is 2. The van der Waals surface area contributed by atoms with Crippen LogP contribution in [0, 0.1) is 6.92 Å². The number of fused-ring (bicyclic) bond motifs is 1. The number of hydrogen-bond donors (Lipinski definition) is 1. The highest BCUT2D eigenvalue weighted by Crippen LogP contribution is 2.42. The van der Waals surface area contributed by atoms with Crippen molar-refractivity contribution in [3.8, 4) is 11.4 Å². The van der Waals surface area contributed by atoms with Crippen LogP contribution in [0.15, 0.2) is 59.6 Å². The summed E-state index contributed by atoms with van der Waals surface area (Å²) in [4.78, 5) is 29.3. The van der Waals surface area contributed by atoms with Crippen molar-refractivity contribution in [2.75, 3.05) is 12.9 Å². The summed E-state index contributed by atoms with van der Waals surface area (Å²) >= 11 is 1.47. The maximum atomic E-state index is 13.9. The highest BCUT2D eigenvalue weighted by atomic mass is 32.2. The van der Waals surface area contributed by atoms with Crippen LogP contribution in [-0.2, 0) is 16.1 Å². The molecule has 0 saturated heterocycles. The van der Waals surface area contributed by atoms with Gasteiger partial charge in [-0.05, 0) is 38.0 Å². The van der Waals surface area contributed by atoms with Crippen molar-refractivity contribution in [1.29, 1.82) is 0 Å². The Hall–Kier alpha value is -3.26. The number of nitrogens with zero attached hydrogens (tertiary/aromatic N) is 3. The molecule has 2 aliphatic rings. The number of carbonyl (C=O) groups is 2. The molecule has 8 heteroatoms. The number of nitrogens with one attached hydrogen (secondary N) is 1. The van der Waals surface area contributed by atoms with Gasteiger partial charge < -0.3 is 15.0 Å². The van der Waals surface area contributed by atoms with E-state index in [0.717, 1.165) is 59.0 Å². The van der Waals surface area contributed by atoms with E-state index in [1.54, 1.807) is 7.11 Å². The maximum absolute atomic E-state index is 13.9. The van der Waals surface area contributed by atoms with Crippen molar-refractivity contribution in [3.05, 3.63) is 71.4 Å². The Morgan fingerprint density at radius 3 is 2.57 bits per heavy atom. The fourth-order valence-electron chi connectivity index (χ4n) is 5.19. The molecule has 5 rings (SSSR count). The molecular formula is C27H30N4O3S. The number of carbonyl (C=O) groups excluding carboxylic acids is 2. The zero-order valence-electron chi connectivity index (χ0n) is 20.1. The Balaban J connectivity index is 1.55. The van der Waals surface area contributed by atoms with Crippen molar-refractivity contribution < 1.29 is 14.3 Å². The quantitative estimate of drug-likeness (QED) is 0.553. The molecule has 1 aliphatic heterocycles. The lowest BCUT2D eigenvalue weighted by molar-refractivity contribution is -0.141. The van der Waals surface area contributed by atoms with E-state index in [1.807, 2.05) is 71.1 Å². The summed E-state index contributed by atoms with van der Waals surface area (Å²) in [5.74, 6) is 0.837. The third-order valence-electron chi connectivity index (χ3n) is 6.85. The highest BCUT2D eigenvalue weighted by Gasteiger charge is 2.43. The van der Waals surface area contributed by atoms with E-state index >= 15 is 0 Å². The van der Waals surface area contributed by atoms with Crippen LogP contribution in [0.5, 0.6) is 5.75 Å². The van der Waals surface area contributed by atoms with Gasteiger partial charge in [0, 0.05) is 23.7 Å². The largest absolute Gasteiger partial charge is 0.496 e. The molecule has 2 heterocycles. The lowest BCUT2D eigenvalue weighted by atomic mass is 10.0. The predicted octanol–water partition coefficient (Wildman–Crippen LogP) is 4.42. The molecule has 2 amide bonds. The minimum Gasteiger partial charge on any atom is -0.496 e. The number of rotatable bonds is 6. The molecule has 3 aromatic rings. The van der Waals surface area contributed by atoms with Gasteiger partial charge in [-0.3, -0.25) is 9.59 Å². The average Bonchev–Trinajstić information content (AvgIpc) is 3.49. The topological polar surface area (TPSA) is 76.5 Å². The molecule has 0 spiro atoms. The second-order valence-corrected chi connectivity index (χ2v) is 9.98. The predicted molar refractivity (Wildman–Crippen MR) is 136 cm³/mol. The molecule has 1 aromatic heterocycles. The minimum absolute atomic E-state index is 0.00885. The van der Waals surface area contributed by atoms with E-state index in [0.29, 0.717) is 6.54 Å². The number of thioether (sulfide) groups is 1. The van der Waals surface area contributed by atoms with Gasteiger partial charge in [0.1, 0.15) is 16.8 Å². The van der Waals surface area contributed by atoms with Crippen molar-refractivity contribution in [3.63, 3.8) is 0 Å². The van der Waals surface area contributed by atoms with E-state index in [4.69, 9.17) is 9.84 Å². The number of aromatic nitrogens is 2. The van der Waals surface area contributed by atoms with Gasteiger partial charge in [-0.15, -0.1) is 0 Å². The molecule has 2 aromatic carbocycles. The average molecular weight is 491 g/mol. The molecule has 1 N–H and O–H groups in total. The summed E-state index contributed by atoms with van der Waals surface area (Å²) in [7, 11) is 1.62. The highest BCUT2D eigenvalue weighted by molar-refractivity contribution is 8.00. The van der Waals surface area contributed by atoms with Gasteiger partial charge in [0.25, 0.3) is 0 Å². The lowest BCUT2D eigenvalue weighted by Crippen LogP contribution is -2.48. The summed E-state index contributed by atoms with van der Waals surface area (Å²) in [6, 6.07) is 16.9. The van der Waals surface area contributed by atoms with Crippen LogP contribution in [0.1, 0.15) is 48.5 Å². The molecular weight excluding hydrogens is 460 g/mol. The van der Waals surface area contributed by atoms with E-state index in [9.17, 15) is 9.59 Å². The standard InChI is InChI=1S/C27H30N4O3S/c1-18-24-25(26(33)28-16-19-10-6-9-15-22(19)34-2)30(20-11-7-8-12-20)23(32)17-35-27(24)31(29-18)21-13-4-3-5-14-21/h3-6,9-10,13-15,20,25H,7-8,11-12,16-17H2,1-2H3,(H,28,33). The van der Waals surface area contributed by atoms with Crippen LogP contribution in [0.2, 0.25) is 0 Å². The molecule has 1 saturated carbocycles. The summed E-state index contributed by atoms with van der Waals surface area (Å²) in [5.41, 5.74) is 3.40. The molecule has 1 unspecified atom stereocenters. The maximum Gasteiger partial charge on any atom is 0.247 e. The first-order valence-electron chi connectivity index (χ1n) is 12.1. The third-order valence-corrected chi connectivity index (χ3v) is 7.90. The smallest absolute Gasteiger partial charge is 0.247 e. The monoisotopic (exact) mass is 490 g/mol. The lowest BCUT2D eigenvalue weighted by Gasteiger charge is -2.34. The molecule has 182 valence electrons. The van der Waals surface area contributed by atoms with Gasteiger partial charge >= 0.3 is 0 Å². The molecule has 35 heavy (non-hydrogen) atoms. The Morgan fingerprint density at radius 2 is 1.83 bits per heavy atom. The Kier molecular flexibility index (Phi) is 6.81. The van der Waals surface area contributed by atoms with Gasteiger partial charge in [0.15, 0.2) is 0 Å². The number of aryl methyl sites for hydroxylation is 1. The summed E-state index contributed by atoms with van der Waals surface area (Å²) < 4.78 is 7.33. The molecule has 1 fully saturated rings. The third kappa shape index (κ3) is 4.55. The SMILES string of the molecule is COc1ccccc1CNC(=O)C1c2c(C)nn(-c3ccccc3)c2SCC(=O)N1C1CCCC1. The van der Waals surface area contributed by atoms with E-state index in [2.05, 4.69) is 5.32 Å². The zero-order chi connectivity index (χ0) is 24.4. The molecule has 7 nitrogen and oxygen atoms in total. The van der Waals surface area contributed by atoms with Crippen molar-refractivity contribution in [1.82, 2.24) is 20.0 Å². The van der Waals surface area contributed by atoms with Crippen LogP contribution in [0.3, 0.4) is 0 Å². The fraction of sp³-hybridized carbons (Fsp3) is 0.370. The number of amides is 2. The van der Waals surface area contributed by atoms with E-state index < -0.39 is 6.04 Å². The summed E-state index contributed by atoms with van der Waals surface area (Å²) in [5, 5.41) is 8.79. The molecule has 0 radical (unpaired) electrons. The van der Waals surface area contributed by atoms with Crippen LogP contribution in [0.4, 0.5) is 0 Å². The number of methoxy groups -OCH3 is 1.